The SMILES string of the molecule is COc1ccccc1/C=N\NS(=O)(=O)c1ccccc1. The Morgan fingerprint density at radius 1 is 1.05 bits per heavy atom. The molecule has 0 aromatic heterocycles. The number of hydrogen-bond acceptors (Lipinski definition) is 4. The minimum Gasteiger partial charge on any atom is -0.496 e. The van der Waals surface area contributed by atoms with E-state index in [1.54, 1.807) is 37.4 Å². The Hall–Kier alpha value is -2.34. The van der Waals surface area contributed by atoms with Crippen molar-refractivity contribution in [2.75, 3.05) is 7.11 Å². The van der Waals surface area contributed by atoms with E-state index in [9.17, 15) is 8.42 Å². The van der Waals surface area contributed by atoms with E-state index in [4.69, 9.17) is 4.74 Å². The minimum atomic E-state index is -3.64. The molecule has 0 saturated carbocycles. The van der Waals surface area contributed by atoms with Crippen LogP contribution in [-0.4, -0.2) is 21.7 Å². The third-order valence-electron chi connectivity index (χ3n) is 2.57. The normalized spacial score (nSPS) is 11.4. The second-order valence-electron chi connectivity index (χ2n) is 3.91. The second-order valence-corrected chi connectivity index (χ2v) is 5.57. The van der Waals surface area contributed by atoms with Crippen molar-refractivity contribution in [3.63, 3.8) is 0 Å². The van der Waals surface area contributed by atoms with Crippen molar-refractivity contribution in [1.29, 1.82) is 0 Å². The van der Waals surface area contributed by atoms with Gasteiger partial charge in [-0.1, -0.05) is 30.3 Å². The number of ether oxygens (including phenoxy) is 1. The fourth-order valence-electron chi connectivity index (χ4n) is 1.59. The summed E-state index contributed by atoms with van der Waals surface area (Å²) in [5.41, 5.74) is 0.686. The molecule has 0 aliphatic heterocycles. The average Bonchev–Trinajstić information content (AvgIpc) is 2.48. The van der Waals surface area contributed by atoms with E-state index in [2.05, 4.69) is 9.93 Å². The molecule has 0 fully saturated rings. The van der Waals surface area contributed by atoms with Crippen LogP contribution in [-0.2, 0) is 10.0 Å². The molecule has 0 radical (unpaired) electrons. The van der Waals surface area contributed by atoms with Crippen molar-refractivity contribution in [1.82, 2.24) is 4.83 Å². The molecule has 0 amide bonds. The second kappa shape index (κ2) is 6.21. The maximum atomic E-state index is 11.9. The number of hydrazone groups is 1. The molecule has 0 heterocycles. The maximum absolute atomic E-state index is 11.9. The fourth-order valence-corrected chi connectivity index (χ4v) is 2.40. The fraction of sp³-hybridized carbons (Fsp3) is 0.0714. The van der Waals surface area contributed by atoms with Gasteiger partial charge in [0, 0.05) is 5.56 Å². The molecular weight excluding hydrogens is 276 g/mol. The van der Waals surface area contributed by atoms with E-state index in [1.165, 1.54) is 18.3 Å². The van der Waals surface area contributed by atoms with Crippen molar-refractivity contribution in [2.24, 2.45) is 5.10 Å². The first-order valence-electron chi connectivity index (χ1n) is 5.86. The number of rotatable bonds is 5. The van der Waals surface area contributed by atoms with Gasteiger partial charge >= 0.3 is 0 Å². The summed E-state index contributed by atoms with van der Waals surface area (Å²) in [5.74, 6) is 0.621. The molecule has 104 valence electrons. The number of hydrogen-bond donors (Lipinski definition) is 1. The number of sulfonamides is 1. The molecule has 0 bridgehead atoms. The molecule has 0 atom stereocenters. The van der Waals surface area contributed by atoms with Crippen LogP contribution >= 0.6 is 0 Å². The number of nitrogens with one attached hydrogen (secondary N) is 1. The zero-order valence-corrected chi connectivity index (χ0v) is 11.7. The highest BCUT2D eigenvalue weighted by atomic mass is 32.2. The highest BCUT2D eigenvalue weighted by Gasteiger charge is 2.11. The van der Waals surface area contributed by atoms with Crippen LogP contribution in [0.3, 0.4) is 0 Å². The van der Waals surface area contributed by atoms with E-state index in [1.807, 2.05) is 12.1 Å². The molecule has 5 nitrogen and oxygen atoms in total. The van der Waals surface area contributed by atoms with Crippen molar-refractivity contribution in [3.8, 4) is 5.75 Å². The first-order valence-corrected chi connectivity index (χ1v) is 7.35. The topological polar surface area (TPSA) is 67.8 Å². The van der Waals surface area contributed by atoms with Gasteiger partial charge in [0.25, 0.3) is 10.0 Å². The lowest BCUT2D eigenvalue weighted by molar-refractivity contribution is 0.414. The van der Waals surface area contributed by atoms with Crippen LogP contribution in [0.1, 0.15) is 5.56 Å². The number of nitrogens with zero attached hydrogens (tertiary/aromatic N) is 1. The van der Waals surface area contributed by atoms with Crippen molar-refractivity contribution >= 4 is 16.2 Å². The summed E-state index contributed by atoms with van der Waals surface area (Å²) in [6.45, 7) is 0. The largest absolute Gasteiger partial charge is 0.496 e. The molecule has 2 aromatic rings. The Morgan fingerprint density at radius 3 is 2.40 bits per heavy atom. The Morgan fingerprint density at radius 2 is 1.70 bits per heavy atom. The maximum Gasteiger partial charge on any atom is 0.276 e. The van der Waals surface area contributed by atoms with Gasteiger partial charge in [-0.2, -0.15) is 13.5 Å². The van der Waals surface area contributed by atoms with Crippen LogP contribution in [0.4, 0.5) is 0 Å². The third kappa shape index (κ3) is 3.36. The summed E-state index contributed by atoms with van der Waals surface area (Å²) in [6, 6.07) is 15.2. The smallest absolute Gasteiger partial charge is 0.276 e. The zero-order chi connectivity index (χ0) is 14.4. The monoisotopic (exact) mass is 290 g/mol. The first kappa shape index (κ1) is 14.1. The van der Waals surface area contributed by atoms with E-state index in [-0.39, 0.29) is 4.90 Å². The van der Waals surface area contributed by atoms with Gasteiger partial charge < -0.3 is 4.74 Å². The highest BCUT2D eigenvalue weighted by Crippen LogP contribution is 2.14. The predicted molar refractivity (Wildman–Crippen MR) is 77.4 cm³/mol. The summed E-state index contributed by atoms with van der Waals surface area (Å²) in [6.07, 6.45) is 1.40. The summed E-state index contributed by atoms with van der Waals surface area (Å²) < 4.78 is 29.0. The van der Waals surface area contributed by atoms with Gasteiger partial charge in [-0.25, -0.2) is 4.83 Å². The number of methoxy groups -OCH3 is 1. The Kier molecular flexibility index (Phi) is 4.37. The molecule has 0 saturated heterocycles. The first-order chi connectivity index (χ1) is 9.63. The van der Waals surface area contributed by atoms with Gasteiger partial charge in [-0.05, 0) is 24.3 Å². The molecule has 1 N–H and O–H groups in total. The van der Waals surface area contributed by atoms with Crippen LogP contribution in [0.2, 0.25) is 0 Å². The minimum absolute atomic E-state index is 0.164. The Labute approximate surface area is 118 Å². The summed E-state index contributed by atoms with van der Waals surface area (Å²) in [7, 11) is -2.10. The predicted octanol–water partition coefficient (Wildman–Crippen LogP) is 2.01. The van der Waals surface area contributed by atoms with Crippen molar-refractivity contribution in [2.45, 2.75) is 4.90 Å². The van der Waals surface area contributed by atoms with Crippen molar-refractivity contribution in [3.05, 3.63) is 60.2 Å². The lowest BCUT2D eigenvalue weighted by Gasteiger charge is -2.04. The molecule has 0 unspecified atom stereocenters. The van der Waals surface area contributed by atoms with Gasteiger partial charge in [0.1, 0.15) is 5.75 Å². The molecular formula is C14H14N2O3S. The Bertz CT molecular complexity index is 697. The van der Waals surface area contributed by atoms with Crippen LogP contribution < -0.4 is 9.57 Å². The van der Waals surface area contributed by atoms with Gasteiger partial charge in [0.2, 0.25) is 0 Å². The van der Waals surface area contributed by atoms with E-state index in [0.717, 1.165) is 0 Å². The third-order valence-corrected chi connectivity index (χ3v) is 3.81. The molecule has 0 spiro atoms. The van der Waals surface area contributed by atoms with Crippen LogP contribution in [0.25, 0.3) is 0 Å². The van der Waals surface area contributed by atoms with Crippen LogP contribution in [0.15, 0.2) is 64.6 Å². The summed E-state index contributed by atoms with van der Waals surface area (Å²) >= 11 is 0. The lowest BCUT2D eigenvalue weighted by Crippen LogP contribution is -2.18. The zero-order valence-electron chi connectivity index (χ0n) is 10.9. The summed E-state index contributed by atoms with van der Waals surface area (Å²) in [4.78, 5) is 2.33. The Balaban J connectivity index is 2.14. The quantitative estimate of drug-likeness (QED) is 0.676. The number of para-hydroxylation sites is 1. The average molecular weight is 290 g/mol. The molecule has 6 heteroatoms. The molecule has 0 aliphatic carbocycles. The van der Waals surface area contributed by atoms with Gasteiger partial charge in [0.15, 0.2) is 0 Å². The molecule has 20 heavy (non-hydrogen) atoms. The molecule has 0 aliphatic rings. The molecule has 2 rings (SSSR count). The van der Waals surface area contributed by atoms with E-state index in [0.29, 0.717) is 11.3 Å². The van der Waals surface area contributed by atoms with Crippen LogP contribution in [0.5, 0.6) is 5.75 Å². The standard InChI is InChI=1S/C14H14N2O3S/c1-19-14-10-6-5-7-12(14)11-15-16-20(17,18)13-8-3-2-4-9-13/h2-11,16H,1H3/b15-11-. The van der Waals surface area contributed by atoms with Crippen molar-refractivity contribution < 1.29 is 13.2 Å². The van der Waals surface area contributed by atoms with Gasteiger partial charge in [0.05, 0.1) is 18.2 Å². The van der Waals surface area contributed by atoms with E-state index >= 15 is 0 Å². The van der Waals surface area contributed by atoms with Gasteiger partial charge in [-0.15, -0.1) is 0 Å². The number of benzene rings is 2. The molecule has 2 aromatic carbocycles. The summed E-state index contributed by atoms with van der Waals surface area (Å²) in [5, 5.41) is 3.76. The van der Waals surface area contributed by atoms with Gasteiger partial charge in [-0.3, -0.25) is 0 Å². The van der Waals surface area contributed by atoms with Crippen LogP contribution in [0, 0.1) is 0 Å². The highest BCUT2D eigenvalue weighted by molar-refractivity contribution is 7.89. The van der Waals surface area contributed by atoms with E-state index < -0.39 is 10.0 Å². The lowest BCUT2D eigenvalue weighted by atomic mass is 10.2.